The third-order valence-electron chi connectivity index (χ3n) is 5.50. The lowest BCUT2D eigenvalue weighted by atomic mass is 10.1. The van der Waals surface area contributed by atoms with Crippen LogP contribution in [0.4, 0.5) is 5.82 Å². The topological polar surface area (TPSA) is 98.6 Å². The van der Waals surface area contributed by atoms with Crippen LogP contribution < -0.4 is 14.8 Å². The number of nitrogens with zero attached hydrogens (tertiary/aromatic N) is 4. The summed E-state index contributed by atoms with van der Waals surface area (Å²) in [4.78, 5) is 31.3. The van der Waals surface area contributed by atoms with Crippen molar-refractivity contribution in [3.8, 4) is 11.5 Å². The molecular formula is C25H29N5O4. The van der Waals surface area contributed by atoms with Crippen LogP contribution in [0.15, 0.2) is 54.9 Å². The molecule has 2 amide bonds. The van der Waals surface area contributed by atoms with Gasteiger partial charge in [0.15, 0.2) is 23.9 Å². The minimum atomic E-state index is -0.319. The molecule has 1 saturated heterocycles. The number of hydrogen-bond acceptors (Lipinski definition) is 6. The Hall–Kier alpha value is -3.88. The fourth-order valence-corrected chi connectivity index (χ4v) is 3.77. The SMILES string of the molecule is CCOc1cc(C(=O)Nc2ccn(Cc3ccccn3)n2)ccc1OCC(=O)N1CCCCC1. The van der Waals surface area contributed by atoms with Crippen molar-refractivity contribution < 1.29 is 19.1 Å². The van der Waals surface area contributed by atoms with Gasteiger partial charge < -0.3 is 19.7 Å². The Morgan fingerprint density at radius 1 is 1.03 bits per heavy atom. The van der Waals surface area contributed by atoms with Gasteiger partial charge in [0.05, 0.1) is 18.8 Å². The van der Waals surface area contributed by atoms with Crippen molar-refractivity contribution >= 4 is 17.6 Å². The van der Waals surface area contributed by atoms with E-state index < -0.39 is 0 Å². The maximum atomic E-state index is 12.8. The Labute approximate surface area is 198 Å². The van der Waals surface area contributed by atoms with Crippen molar-refractivity contribution in [1.82, 2.24) is 19.7 Å². The van der Waals surface area contributed by atoms with Gasteiger partial charge in [0, 0.05) is 37.1 Å². The van der Waals surface area contributed by atoms with Crippen LogP contribution >= 0.6 is 0 Å². The van der Waals surface area contributed by atoms with Crippen molar-refractivity contribution in [2.75, 3.05) is 31.6 Å². The van der Waals surface area contributed by atoms with Crippen molar-refractivity contribution in [1.29, 1.82) is 0 Å². The minimum Gasteiger partial charge on any atom is -0.490 e. The number of rotatable bonds is 9. The number of likely N-dealkylation sites (tertiary alicyclic amines) is 1. The summed E-state index contributed by atoms with van der Waals surface area (Å²) in [6, 6.07) is 12.3. The van der Waals surface area contributed by atoms with Gasteiger partial charge in [-0.15, -0.1) is 0 Å². The Bertz CT molecular complexity index is 1110. The standard InChI is InChI=1S/C25H29N5O4/c1-2-33-22-16-19(9-10-21(22)34-18-24(31)29-13-6-3-7-14-29)25(32)27-23-11-15-30(28-23)17-20-8-4-5-12-26-20/h4-5,8-12,15-16H,2-3,6-7,13-14,17-18H2,1H3,(H,27,28,32). The zero-order valence-electron chi connectivity index (χ0n) is 19.3. The molecule has 0 spiro atoms. The third kappa shape index (κ3) is 6.12. The molecule has 1 aromatic carbocycles. The molecular weight excluding hydrogens is 434 g/mol. The zero-order valence-corrected chi connectivity index (χ0v) is 19.3. The molecule has 0 atom stereocenters. The highest BCUT2D eigenvalue weighted by Crippen LogP contribution is 2.29. The smallest absolute Gasteiger partial charge is 0.260 e. The van der Waals surface area contributed by atoms with Crippen LogP contribution in [0, 0.1) is 0 Å². The summed E-state index contributed by atoms with van der Waals surface area (Å²) in [7, 11) is 0. The number of ether oxygens (including phenoxy) is 2. The predicted molar refractivity (Wildman–Crippen MR) is 127 cm³/mol. The Morgan fingerprint density at radius 2 is 1.88 bits per heavy atom. The molecule has 1 aliphatic heterocycles. The average Bonchev–Trinajstić information content (AvgIpc) is 3.30. The lowest BCUT2D eigenvalue weighted by molar-refractivity contribution is -0.134. The first-order valence-electron chi connectivity index (χ1n) is 11.5. The Balaban J connectivity index is 1.38. The number of nitrogens with one attached hydrogen (secondary N) is 1. The van der Waals surface area contributed by atoms with Crippen molar-refractivity contribution in [2.24, 2.45) is 0 Å². The maximum Gasteiger partial charge on any atom is 0.260 e. The highest BCUT2D eigenvalue weighted by molar-refractivity contribution is 6.04. The monoisotopic (exact) mass is 463 g/mol. The quantitative estimate of drug-likeness (QED) is 0.522. The van der Waals surface area contributed by atoms with E-state index in [1.807, 2.05) is 30.0 Å². The molecule has 0 unspecified atom stereocenters. The summed E-state index contributed by atoms with van der Waals surface area (Å²) in [5.41, 5.74) is 1.27. The lowest BCUT2D eigenvalue weighted by Gasteiger charge is -2.26. The summed E-state index contributed by atoms with van der Waals surface area (Å²) in [6.07, 6.45) is 6.73. The highest BCUT2D eigenvalue weighted by Gasteiger charge is 2.18. The molecule has 3 heterocycles. The number of carbonyl (C=O) groups is 2. The van der Waals surface area contributed by atoms with Crippen LogP contribution in [0.2, 0.25) is 0 Å². The molecule has 9 nitrogen and oxygen atoms in total. The maximum absolute atomic E-state index is 12.8. The fourth-order valence-electron chi connectivity index (χ4n) is 3.77. The number of aromatic nitrogens is 3. The molecule has 9 heteroatoms. The van der Waals surface area contributed by atoms with E-state index in [4.69, 9.17) is 9.47 Å². The Kier molecular flexibility index (Phi) is 7.75. The molecule has 0 radical (unpaired) electrons. The number of pyridine rings is 1. The second-order valence-electron chi connectivity index (χ2n) is 8.00. The van der Waals surface area contributed by atoms with E-state index in [-0.39, 0.29) is 18.4 Å². The van der Waals surface area contributed by atoms with E-state index in [9.17, 15) is 9.59 Å². The molecule has 4 rings (SSSR count). The number of piperidine rings is 1. The first kappa shape index (κ1) is 23.3. The van der Waals surface area contributed by atoms with Crippen LogP contribution in [-0.2, 0) is 11.3 Å². The van der Waals surface area contributed by atoms with Crippen LogP contribution in [0.1, 0.15) is 42.2 Å². The zero-order chi connectivity index (χ0) is 23.8. The normalized spacial score (nSPS) is 13.4. The molecule has 1 aliphatic rings. The van der Waals surface area contributed by atoms with Crippen LogP contribution in [-0.4, -0.2) is 57.8 Å². The number of benzene rings is 1. The molecule has 34 heavy (non-hydrogen) atoms. The van der Waals surface area contributed by atoms with Crippen molar-refractivity contribution in [3.63, 3.8) is 0 Å². The van der Waals surface area contributed by atoms with Crippen LogP contribution in [0.5, 0.6) is 11.5 Å². The average molecular weight is 464 g/mol. The molecule has 0 aliphatic carbocycles. The van der Waals surface area contributed by atoms with Crippen LogP contribution in [0.25, 0.3) is 0 Å². The van der Waals surface area contributed by atoms with Gasteiger partial charge in [-0.2, -0.15) is 5.10 Å². The molecule has 178 valence electrons. The van der Waals surface area contributed by atoms with E-state index in [0.29, 0.717) is 36.0 Å². The largest absolute Gasteiger partial charge is 0.490 e. The van der Waals surface area contributed by atoms with E-state index in [0.717, 1.165) is 38.0 Å². The molecule has 1 N–H and O–H groups in total. The summed E-state index contributed by atoms with van der Waals surface area (Å²) >= 11 is 0. The number of hydrogen-bond donors (Lipinski definition) is 1. The summed E-state index contributed by atoms with van der Waals surface area (Å²) < 4.78 is 13.1. The van der Waals surface area contributed by atoms with E-state index in [1.54, 1.807) is 41.3 Å². The molecule has 2 aromatic heterocycles. The van der Waals surface area contributed by atoms with Crippen molar-refractivity contribution in [3.05, 3.63) is 66.1 Å². The second kappa shape index (κ2) is 11.3. The van der Waals surface area contributed by atoms with Crippen LogP contribution in [0.3, 0.4) is 0 Å². The van der Waals surface area contributed by atoms with Gasteiger partial charge in [-0.1, -0.05) is 6.07 Å². The number of anilines is 1. The molecule has 3 aromatic rings. The van der Waals surface area contributed by atoms with Crippen molar-refractivity contribution in [2.45, 2.75) is 32.7 Å². The van der Waals surface area contributed by atoms with Gasteiger partial charge in [-0.25, -0.2) is 0 Å². The van der Waals surface area contributed by atoms with Gasteiger partial charge in [0.25, 0.3) is 11.8 Å². The van der Waals surface area contributed by atoms with E-state index in [2.05, 4.69) is 15.4 Å². The molecule has 0 saturated carbocycles. The fraction of sp³-hybridized carbons (Fsp3) is 0.360. The number of carbonyl (C=O) groups excluding carboxylic acids is 2. The van der Waals surface area contributed by atoms with E-state index >= 15 is 0 Å². The van der Waals surface area contributed by atoms with E-state index in [1.165, 1.54) is 0 Å². The van der Waals surface area contributed by atoms with Gasteiger partial charge in [-0.3, -0.25) is 19.3 Å². The van der Waals surface area contributed by atoms with Gasteiger partial charge in [0.1, 0.15) is 0 Å². The molecule has 0 bridgehead atoms. The Morgan fingerprint density at radius 3 is 2.65 bits per heavy atom. The summed E-state index contributed by atoms with van der Waals surface area (Å²) in [5.74, 6) is 0.933. The highest BCUT2D eigenvalue weighted by atomic mass is 16.5. The van der Waals surface area contributed by atoms with Gasteiger partial charge in [-0.05, 0) is 56.5 Å². The first-order chi connectivity index (χ1) is 16.6. The lowest BCUT2D eigenvalue weighted by Crippen LogP contribution is -2.38. The van der Waals surface area contributed by atoms with Gasteiger partial charge >= 0.3 is 0 Å². The first-order valence-corrected chi connectivity index (χ1v) is 11.5. The van der Waals surface area contributed by atoms with Gasteiger partial charge in [0.2, 0.25) is 0 Å². The second-order valence-corrected chi connectivity index (χ2v) is 8.00. The summed E-state index contributed by atoms with van der Waals surface area (Å²) in [6.45, 7) is 4.25. The number of amides is 2. The predicted octanol–water partition coefficient (Wildman–Crippen LogP) is 3.37. The third-order valence-corrected chi connectivity index (χ3v) is 5.50. The summed E-state index contributed by atoms with van der Waals surface area (Å²) in [5, 5.41) is 7.19. The molecule has 1 fully saturated rings. The minimum absolute atomic E-state index is 0.0368.